The van der Waals surface area contributed by atoms with E-state index in [2.05, 4.69) is 44.2 Å². The average Bonchev–Trinajstić information content (AvgIpc) is 2.16. The van der Waals surface area contributed by atoms with Crippen molar-refractivity contribution in [1.82, 2.24) is 0 Å². The van der Waals surface area contributed by atoms with Gasteiger partial charge in [-0.05, 0) is 43.2 Å². The summed E-state index contributed by atoms with van der Waals surface area (Å²) in [7, 11) is 0. The second kappa shape index (κ2) is 4.00. The molecular formula is C14H18. The van der Waals surface area contributed by atoms with Crippen molar-refractivity contribution < 1.29 is 0 Å². The molecule has 0 aliphatic heterocycles. The monoisotopic (exact) mass is 186 g/mol. The van der Waals surface area contributed by atoms with Crippen LogP contribution in [0, 0.1) is 0 Å². The van der Waals surface area contributed by atoms with Crippen LogP contribution in [-0.2, 0) is 6.42 Å². The molecule has 1 aromatic rings. The van der Waals surface area contributed by atoms with E-state index >= 15 is 0 Å². The molecule has 1 atom stereocenters. The fraction of sp³-hybridized carbons (Fsp3) is 0.429. The first-order valence-electron chi connectivity index (χ1n) is 5.51. The Balaban J connectivity index is 2.40. The Morgan fingerprint density at radius 2 is 2.00 bits per heavy atom. The van der Waals surface area contributed by atoms with Crippen molar-refractivity contribution in [2.45, 2.75) is 39.0 Å². The topological polar surface area (TPSA) is 0 Å². The number of fused-ring (bicyclic) bond motifs is 1. The normalized spacial score (nSPS) is 21.9. The maximum atomic E-state index is 2.40. The highest BCUT2D eigenvalue weighted by Gasteiger charge is 2.11. The molecule has 0 heterocycles. The molecule has 0 amide bonds. The summed E-state index contributed by atoms with van der Waals surface area (Å²) in [5, 5.41) is 0. The molecule has 0 bridgehead atoms. The molecule has 0 aromatic heterocycles. The first-order valence-corrected chi connectivity index (χ1v) is 5.51. The molecule has 1 unspecified atom stereocenters. The maximum absolute atomic E-state index is 2.40. The molecule has 0 spiro atoms. The predicted molar refractivity (Wildman–Crippen MR) is 61.6 cm³/mol. The van der Waals surface area contributed by atoms with E-state index < -0.39 is 0 Å². The van der Waals surface area contributed by atoms with Gasteiger partial charge >= 0.3 is 0 Å². The summed E-state index contributed by atoms with van der Waals surface area (Å²) in [6.07, 6.45) is 6.06. The number of rotatable bonds is 0. The lowest BCUT2D eigenvalue weighted by Gasteiger charge is -2.18. The molecule has 14 heavy (non-hydrogen) atoms. The molecule has 2 rings (SSSR count). The summed E-state index contributed by atoms with van der Waals surface area (Å²) in [5.41, 5.74) is 4.60. The van der Waals surface area contributed by atoms with Gasteiger partial charge in [-0.25, -0.2) is 0 Å². The molecule has 1 aliphatic carbocycles. The van der Waals surface area contributed by atoms with Crippen molar-refractivity contribution in [2.24, 2.45) is 0 Å². The Morgan fingerprint density at radius 3 is 2.86 bits per heavy atom. The first kappa shape index (κ1) is 9.51. The van der Waals surface area contributed by atoms with Gasteiger partial charge in [-0.15, -0.1) is 0 Å². The van der Waals surface area contributed by atoms with Crippen LogP contribution in [0.4, 0.5) is 0 Å². The number of hydrogen-bond acceptors (Lipinski definition) is 0. The van der Waals surface area contributed by atoms with Gasteiger partial charge in [0.15, 0.2) is 0 Å². The van der Waals surface area contributed by atoms with Crippen molar-refractivity contribution >= 4 is 0 Å². The first-order chi connectivity index (χ1) is 6.77. The lowest BCUT2D eigenvalue weighted by molar-refractivity contribution is 0.673. The highest BCUT2D eigenvalue weighted by Crippen LogP contribution is 2.28. The Labute approximate surface area is 86.7 Å². The molecular weight excluding hydrogens is 168 g/mol. The fourth-order valence-corrected chi connectivity index (χ4v) is 2.28. The lowest BCUT2D eigenvalue weighted by atomic mass is 9.87. The van der Waals surface area contributed by atoms with E-state index in [-0.39, 0.29) is 0 Å². The highest BCUT2D eigenvalue weighted by atomic mass is 14.2. The molecule has 0 saturated heterocycles. The van der Waals surface area contributed by atoms with Crippen molar-refractivity contribution in [3.05, 3.63) is 47.0 Å². The zero-order chi connectivity index (χ0) is 9.97. The van der Waals surface area contributed by atoms with Gasteiger partial charge in [0.1, 0.15) is 0 Å². The van der Waals surface area contributed by atoms with Crippen LogP contribution in [0.1, 0.15) is 43.7 Å². The molecule has 0 radical (unpaired) electrons. The molecule has 0 heteroatoms. The van der Waals surface area contributed by atoms with E-state index in [0.717, 1.165) is 12.3 Å². The Morgan fingerprint density at radius 1 is 1.21 bits per heavy atom. The lowest BCUT2D eigenvalue weighted by Crippen LogP contribution is -2.02. The molecule has 0 saturated carbocycles. The van der Waals surface area contributed by atoms with Crippen LogP contribution in [0.5, 0.6) is 0 Å². The molecule has 0 N–H and O–H groups in total. The standard InChI is InChI=1S/C14H18/c1-11-6-5-7-12(2)14-9-4-3-8-13(14)10-11/h3-4,6,8-9,12H,5,7,10H2,1-2H3. The van der Waals surface area contributed by atoms with Crippen LogP contribution in [0.15, 0.2) is 35.9 Å². The molecule has 0 fully saturated rings. The van der Waals surface area contributed by atoms with Crippen LogP contribution in [-0.4, -0.2) is 0 Å². The average molecular weight is 186 g/mol. The van der Waals surface area contributed by atoms with Crippen LogP contribution in [0.2, 0.25) is 0 Å². The van der Waals surface area contributed by atoms with E-state index in [1.54, 1.807) is 5.56 Å². The van der Waals surface area contributed by atoms with E-state index in [1.165, 1.54) is 24.0 Å². The predicted octanol–water partition coefficient (Wildman–Crippen LogP) is 4.07. The number of benzene rings is 1. The summed E-state index contributed by atoms with van der Waals surface area (Å²) >= 11 is 0. The summed E-state index contributed by atoms with van der Waals surface area (Å²) in [5.74, 6) is 0.718. The molecule has 1 aromatic carbocycles. The van der Waals surface area contributed by atoms with E-state index in [1.807, 2.05) is 0 Å². The zero-order valence-electron chi connectivity index (χ0n) is 9.09. The summed E-state index contributed by atoms with van der Waals surface area (Å²) < 4.78 is 0. The summed E-state index contributed by atoms with van der Waals surface area (Å²) in [4.78, 5) is 0. The van der Waals surface area contributed by atoms with Crippen LogP contribution in [0.3, 0.4) is 0 Å². The largest absolute Gasteiger partial charge is 0.0853 e. The van der Waals surface area contributed by atoms with Gasteiger partial charge in [-0.1, -0.05) is 42.8 Å². The van der Waals surface area contributed by atoms with Gasteiger partial charge in [0, 0.05) is 0 Å². The third-order valence-electron chi connectivity index (χ3n) is 3.15. The molecule has 74 valence electrons. The number of allylic oxidation sites excluding steroid dienone is 2. The fourth-order valence-electron chi connectivity index (χ4n) is 2.28. The van der Waals surface area contributed by atoms with Crippen molar-refractivity contribution in [3.8, 4) is 0 Å². The van der Waals surface area contributed by atoms with Gasteiger partial charge in [-0.3, -0.25) is 0 Å². The van der Waals surface area contributed by atoms with Crippen LogP contribution in [0.25, 0.3) is 0 Å². The molecule has 0 nitrogen and oxygen atoms in total. The smallest absolute Gasteiger partial charge is 0.00671 e. The Hall–Kier alpha value is -1.04. The van der Waals surface area contributed by atoms with E-state index in [4.69, 9.17) is 0 Å². The Bertz CT molecular complexity index is 347. The van der Waals surface area contributed by atoms with Crippen LogP contribution < -0.4 is 0 Å². The Kier molecular flexibility index (Phi) is 2.72. The highest BCUT2D eigenvalue weighted by molar-refractivity contribution is 5.34. The third-order valence-corrected chi connectivity index (χ3v) is 3.15. The van der Waals surface area contributed by atoms with Crippen molar-refractivity contribution in [3.63, 3.8) is 0 Å². The van der Waals surface area contributed by atoms with Gasteiger partial charge in [0.2, 0.25) is 0 Å². The quantitative estimate of drug-likeness (QED) is 0.536. The zero-order valence-corrected chi connectivity index (χ0v) is 9.09. The maximum Gasteiger partial charge on any atom is -0.00671 e. The van der Waals surface area contributed by atoms with Crippen molar-refractivity contribution in [2.75, 3.05) is 0 Å². The summed E-state index contributed by atoms with van der Waals surface area (Å²) in [6, 6.07) is 8.88. The third kappa shape index (κ3) is 1.89. The second-order valence-corrected chi connectivity index (χ2v) is 4.40. The van der Waals surface area contributed by atoms with Crippen molar-refractivity contribution in [1.29, 1.82) is 0 Å². The minimum atomic E-state index is 0.718. The summed E-state index contributed by atoms with van der Waals surface area (Å²) in [6.45, 7) is 4.58. The van der Waals surface area contributed by atoms with E-state index in [9.17, 15) is 0 Å². The minimum Gasteiger partial charge on any atom is -0.0853 e. The van der Waals surface area contributed by atoms with Crippen LogP contribution >= 0.6 is 0 Å². The minimum absolute atomic E-state index is 0.718. The van der Waals surface area contributed by atoms with Gasteiger partial charge in [0.05, 0.1) is 0 Å². The van der Waals surface area contributed by atoms with E-state index in [0.29, 0.717) is 0 Å². The molecule has 1 aliphatic rings. The number of hydrogen-bond donors (Lipinski definition) is 0. The SMILES string of the molecule is CC1=CCCC(C)c2ccccc2C1. The van der Waals surface area contributed by atoms with Gasteiger partial charge < -0.3 is 0 Å². The second-order valence-electron chi connectivity index (χ2n) is 4.40. The van der Waals surface area contributed by atoms with Gasteiger partial charge in [0.25, 0.3) is 0 Å². The van der Waals surface area contributed by atoms with Gasteiger partial charge in [-0.2, -0.15) is 0 Å².